The Hall–Kier alpha value is -2.52. The Morgan fingerprint density at radius 3 is 2.70 bits per heavy atom. The summed E-state index contributed by atoms with van der Waals surface area (Å²) >= 11 is 3.44. The molecule has 2 heterocycles. The molecule has 6 heteroatoms. The van der Waals surface area contributed by atoms with E-state index in [1.54, 1.807) is 12.1 Å². The van der Waals surface area contributed by atoms with E-state index in [2.05, 4.69) is 31.1 Å². The van der Waals surface area contributed by atoms with Crippen molar-refractivity contribution in [2.45, 2.75) is 0 Å². The molecule has 0 unspecified atom stereocenters. The lowest BCUT2D eigenvalue weighted by Gasteiger charge is -1.96. The van der Waals surface area contributed by atoms with Gasteiger partial charge in [-0.05, 0) is 24.3 Å². The summed E-state index contributed by atoms with van der Waals surface area (Å²) in [6, 6.07) is 13.0. The van der Waals surface area contributed by atoms with Gasteiger partial charge in [0.25, 0.3) is 5.89 Å². The van der Waals surface area contributed by atoms with Crippen molar-refractivity contribution in [3.63, 3.8) is 0 Å². The fraction of sp³-hybridized carbons (Fsp3) is 0. The van der Waals surface area contributed by atoms with Gasteiger partial charge in [-0.15, -0.1) is 0 Å². The zero-order chi connectivity index (χ0) is 13.9. The maximum absolute atomic E-state index is 8.74. The number of nitrogens with zero attached hydrogens (tertiary/aromatic N) is 4. The van der Waals surface area contributed by atoms with Crippen molar-refractivity contribution in [1.29, 1.82) is 5.26 Å². The number of halogens is 1. The van der Waals surface area contributed by atoms with Crippen LogP contribution in [0.5, 0.6) is 0 Å². The molecule has 0 radical (unpaired) electrons. The third-order valence-electron chi connectivity index (χ3n) is 2.65. The first kappa shape index (κ1) is 12.5. The molecule has 0 aliphatic rings. The number of hydrogen-bond donors (Lipinski definition) is 0. The third-order valence-corrected chi connectivity index (χ3v) is 3.34. The molecular formula is C14H7BrN4O. The van der Waals surface area contributed by atoms with Crippen LogP contribution in [0.25, 0.3) is 23.0 Å². The smallest absolute Gasteiger partial charge is 0.276 e. The topological polar surface area (TPSA) is 75.6 Å². The van der Waals surface area contributed by atoms with Crippen LogP contribution < -0.4 is 0 Å². The molecule has 0 atom stereocenters. The molecule has 3 rings (SSSR count). The van der Waals surface area contributed by atoms with Gasteiger partial charge in [0, 0.05) is 16.2 Å². The normalized spacial score (nSPS) is 10.2. The molecule has 0 amide bonds. The van der Waals surface area contributed by atoms with E-state index in [4.69, 9.17) is 9.78 Å². The first-order valence-electron chi connectivity index (χ1n) is 5.73. The van der Waals surface area contributed by atoms with Gasteiger partial charge in [-0.3, -0.25) is 0 Å². The standard InChI is InChI=1S/C14H7BrN4O/c15-11-4-2-1-3-10(11)13-18-14(20-19-13)12-6-5-9(7-16)8-17-12/h1-6,8H. The molecule has 96 valence electrons. The van der Waals surface area contributed by atoms with E-state index in [0.717, 1.165) is 10.0 Å². The van der Waals surface area contributed by atoms with Gasteiger partial charge in [0.05, 0.1) is 5.56 Å². The zero-order valence-corrected chi connectivity index (χ0v) is 11.7. The lowest BCUT2D eigenvalue weighted by atomic mass is 10.2. The molecule has 2 aromatic heterocycles. The van der Waals surface area contributed by atoms with E-state index in [1.165, 1.54) is 6.20 Å². The van der Waals surface area contributed by atoms with Crippen molar-refractivity contribution in [3.8, 4) is 29.0 Å². The minimum atomic E-state index is 0.320. The summed E-state index contributed by atoms with van der Waals surface area (Å²) in [5.41, 5.74) is 1.87. The monoisotopic (exact) mass is 326 g/mol. The average molecular weight is 327 g/mol. The van der Waals surface area contributed by atoms with Gasteiger partial charge < -0.3 is 4.52 Å². The van der Waals surface area contributed by atoms with Crippen LogP contribution in [0.1, 0.15) is 5.56 Å². The highest BCUT2D eigenvalue weighted by molar-refractivity contribution is 9.10. The van der Waals surface area contributed by atoms with E-state index < -0.39 is 0 Å². The molecule has 20 heavy (non-hydrogen) atoms. The number of nitriles is 1. The quantitative estimate of drug-likeness (QED) is 0.721. The molecule has 0 bridgehead atoms. The second-order valence-corrected chi connectivity index (χ2v) is 4.80. The Morgan fingerprint density at radius 2 is 2.00 bits per heavy atom. The number of pyridine rings is 1. The largest absolute Gasteiger partial charge is 0.332 e. The van der Waals surface area contributed by atoms with Crippen molar-refractivity contribution in [1.82, 2.24) is 15.1 Å². The van der Waals surface area contributed by atoms with Crippen LogP contribution in [0.4, 0.5) is 0 Å². The van der Waals surface area contributed by atoms with Crippen LogP contribution >= 0.6 is 15.9 Å². The second kappa shape index (κ2) is 5.23. The Kier molecular flexibility index (Phi) is 3.27. The van der Waals surface area contributed by atoms with E-state index in [9.17, 15) is 0 Å². The molecule has 0 aliphatic carbocycles. The van der Waals surface area contributed by atoms with E-state index >= 15 is 0 Å². The Bertz CT molecular complexity index is 789. The summed E-state index contributed by atoms with van der Waals surface area (Å²) in [6.45, 7) is 0. The Morgan fingerprint density at radius 1 is 1.15 bits per heavy atom. The Labute approximate surface area is 123 Å². The summed E-state index contributed by atoms with van der Waals surface area (Å²) in [6.07, 6.45) is 1.47. The highest BCUT2D eigenvalue weighted by atomic mass is 79.9. The van der Waals surface area contributed by atoms with E-state index in [0.29, 0.717) is 23.0 Å². The minimum Gasteiger partial charge on any atom is -0.332 e. The molecule has 0 fully saturated rings. The Balaban J connectivity index is 1.98. The highest BCUT2D eigenvalue weighted by Gasteiger charge is 2.13. The van der Waals surface area contributed by atoms with Gasteiger partial charge >= 0.3 is 0 Å². The van der Waals surface area contributed by atoms with Crippen LogP contribution in [-0.2, 0) is 0 Å². The molecule has 5 nitrogen and oxygen atoms in total. The summed E-state index contributed by atoms with van der Waals surface area (Å²) in [7, 11) is 0. The minimum absolute atomic E-state index is 0.320. The fourth-order valence-corrected chi connectivity index (χ4v) is 2.13. The predicted molar refractivity (Wildman–Crippen MR) is 75.4 cm³/mol. The summed E-state index contributed by atoms with van der Waals surface area (Å²) in [5, 5.41) is 12.7. The second-order valence-electron chi connectivity index (χ2n) is 3.95. The van der Waals surface area contributed by atoms with E-state index in [-0.39, 0.29) is 0 Å². The van der Waals surface area contributed by atoms with E-state index in [1.807, 2.05) is 30.3 Å². The lowest BCUT2D eigenvalue weighted by molar-refractivity contribution is 0.431. The van der Waals surface area contributed by atoms with Crippen LogP contribution in [0.2, 0.25) is 0 Å². The molecule has 3 aromatic rings. The predicted octanol–water partition coefficient (Wildman–Crippen LogP) is 3.43. The van der Waals surface area contributed by atoms with Gasteiger partial charge in [0.15, 0.2) is 0 Å². The summed E-state index contributed by atoms with van der Waals surface area (Å²) in [4.78, 5) is 8.43. The van der Waals surface area contributed by atoms with Gasteiger partial charge in [0.1, 0.15) is 11.8 Å². The van der Waals surface area contributed by atoms with Crippen LogP contribution in [0.15, 0.2) is 51.6 Å². The van der Waals surface area contributed by atoms with Gasteiger partial charge in [0.2, 0.25) is 5.82 Å². The van der Waals surface area contributed by atoms with Gasteiger partial charge in [-0.25, -0.2) is 4.98 Å². The molecule has 0 aliphatic heterocycles. The first-order chi connectivity index (χ1) is 9.78. The molecule has 0 saturated carbocycles. The maximum Gasteiger partial charge on any atom is 0.276 e. The van der Waals surface area contributed by atoms with Crippen molar-refractivity contribution >= 4 is 15.9 Å². The molecular weight excluding hydrogens is 320 g/mol. The number of benzene rings is 1. The number of rotatable bonds is 2. The molecule has 0 N–H and O–H groups in total. The van der Waals surface area contributed by atoms with Crippen molar-refractivity contribution in [2.75, 3.05) is 0 Å². The fourth-order valence-electron chi connectivity index (χ4n) is 1.67. The summed E-state index contributed by atoms with van der Waals surface area (Å²) < 4.78 is 6.10. The van der Waals surface area contributed by atoms with Crippen molar-refractivity contribution in [3.05, 3.63) is 52.6 Å². The maximum atomic E-state index is 8.74. The number of aromatic nitrogens is 3. The van der Waals surface area contributed by atoms with Crippen molar-refractivity contribution in [2.24, 2.45) is 0 Å². The third kappa shape index (κ3) is 2.31. The van der Waals surface area contributed by atoms with Crippen molar-refractivity contribution < 1.29 is 4.52 Å². The molecule has 0 spiro atoms. The van der Waals surface area contributed by atoms with Gasteiger partial charge in [-0.2, -0.15) is 10.2 Å². The SMILES string of the molecule is N#Cc1ccc(-c2nc(-c3ccccc3Br)no2)nc1. The van der Waals surface area contributed by atoms with Crippen LogP contribution in [0, 0.1) is 11.3 Å². The zero-order valence-electron chi connectivity index (χ0n) is 10.1. The van der Waals surface area contributed by atoms with Crippen LogP contribution in [-0.4, -0.2) is 15.1 Å². The summed E-state index contributed by atoms with van der Waals surface area (Å²) in [5.74, 6) is 0.805. The van der Waals surface area contributed by atoms with Gasteiger partial charge in [-0.1, -0.05) is 33.2 Å². The average Bonchev–Trinajstić information content (AvgIpc) is 2.97. The highest BCUT2D eigenvalue weighted by Crippen LogP contribution is 2.27. The number of hydrogen-bond acceptors (Lipinski definition) is 5. The molecule has 1 aromatic carbocycles. The lowest BCUT2D eigenvalue weighted by Crippen LogP contribution is -1.85. The first-order valence-corrected chi connectivity index (χ1v) is 6.52. The molecule has 0 saturated heterocycles. The van der Waals surface area contributed by atoms with Crippen LogP contribution in [0.3, 0.4) is 0 Å².